The number of benzene rings is 2. The summed E-state index contributed by atoms with van der Waals surface area (Å²) in [5, 5.41) is 30.6. The fourth-order valence-electron chi connectivity index (χ4n) is 3.46. The molecule has 32 heavy (non-hydrogen) atoms. The number of hydrogen-bond donors (Lipinski definition) is 3. The monoisotopic (exact) mass is 440 g/mol. The van der Waals surface area contributed by atoms with E-state index in [2.05, 4.69) is 47.5 Å². The van der Waals surface area contributed by atoms with Crippen molar-refractivity contribution < 1.29 is 15.3 Å². The van der Waals surface area contributed by atoms with Gasteiger partial charge in [0.15, 0.2) is 0 Å². The fourth-order valence-corrected chi connectivity index (χ4v) is 3.46. The Morgan fingerprint density at radius 1 is 0.719 bits per heavy atom. The van der Waals surface area contributed by atoms with Crippen LogP contribution in [0.3, 0.4) is 0 Å². The third-order valence-electron chi connectivity index (χ3n) is 5.38. The van der Waals surface area contributed by atoms with Crippen molar-refractivity contribution in [2.75, 3.05) is 49.1 Å². The molecule has 0 aromatic heterocycles. The van der Waals surface area contributed by atoms with Crippen LogP contribution in [-0.4, -0.2) is 73.1 Å². The van der Waals surface area contributed by atoms with E-state index in [-0.39, 0.29) is 24.6 Å². The summed E-state index contributed by atoms with van der Waals surface area (Å²) in [5.41, 5.74) is 3.14. The van der Waals surface area contributed by atoms with Crippen LogP contribution in [0.15, 0.2) is 46.4 Å². The first-order valence-electron chi connectivity index (χ1n) is 11.3. The molecule has 0 spiro atoms. The second-order valence-corrected chi connectivity index (χ2v) is 7.47. The number of aromatic hydroxyl groups is 2. The lowest BCUT2D eigenvalue weighted by Gasteiger charge is -2.21. The molecule has 0 saturated heterocycles. The Labute approximate surface area is 191 Å². The quantitative estimate of drug-likeness (QED) is 0.438. The Morgan fingerprint density at radius 2 is 1.09 bits per heavy atom. The SMILES string of the molecule is CCN(CC)c1ccc(C=NCC(O)CN=Cc2ccc(N(CC)CC)cc2O)c(O)c1. The zero-order valence-electron chi connectivity index (χ0n) is 19.6. The van der Waals surface area contributed by atoms with Gasteiger partial charge in [0.05, 0.1) is 19.2 Å². The third kappa shape index (κ3) is 6.99. The van der Waals surface area contributed by atoms with E-state index in [0.717, 1.165) is 37.6 Å². The normalized spacial score (nSPS) is 12.5. The summed E-state index contributed by atoms with van der Waals surface area (Å²) in [6.45, 7) is 12.1. The molecule has 0 aliphatic rings. The van der Waals surface area contributed by atoms with Gasteiger partial charge in [-0.1, -0.05) is 0 Å². The van der Waals surface area contributed by atoms with Crippen molar-refractivity contribution in [2.24, 2.45) is 9.98 Å². The van der Waals surface area contributed by atoms with Gasteiger partial charge in [0.2, 0.25) is 0 Å². The maximum absolute atomic E-state index is 10.2. The van der Waals surface area contributed by atoms with Crippen LogP contribution >= 0.6 is 0 Å². The fraction of sp³-hybridized carbons (Fsp3) is 0.440. The van der Waals surface area contributed by atoms with E-state index >= 15 is 0 Å². The zero-order chi connectivity index (χ0) is 23.5. The Bertz CT molecular complexity index is 833. The number of rotatable bonds is 12. The van der Waals surface area contributed by atoms with Crippen molar-refractivity contribution in [3.63, 3.8) is 0 Å². The molecule has 2 aromatic rings. The number of nitrogens with zero attached hydrogens (tertiary/aromatic N) is 4. The Balaban J connectivity index is 1.90. The molecule has 0 amide bonds. The molecular formula is C25H36N4O3. The van der Waals surface area contributed by atoms with Crippen LogP contribution in [0.1, 0.15) is 38.8 Å². The summed E-state index contributed by atoms with van der Waals surface area (Å²) in [6.07, 6.45) is 2.37. The zero-order valence-corrected chi connectivity index (χ0v) is 19.6. The molecule has 0 fully saturated rings. The molecule has 0 bridgehead atoms. The molecule has 2 aromatic carbocycles. The van der Waals surface area contributed by atoms with Gasteiger partial charge in [-0.05, 0) is 52.0 Å². The molecule has 7 heteroatoms. The van der Waals surface area contributed by atoms with Crippen LogP contribution in [0.4, 0.5) is 11.4 Å². The molecule has 3 N–H and O–H groups in total. The van der Waals surface area contributed by atoms with Crippen LogP contribution in [0.2, 0.25) is 0 Å². The Morgan fingerprint density at radius 3 is 1.41 bits per heavy atom. The number of anilines is 2. The number of hydrogen-bond acceptors (Lipinski definition) is 7. The topological polar surface area (TPSA) is 91.9 Å². The van der Waals surface area contributed by atoms with Crippen LogP contribution in [0.25, 0.3) is 0 Å². The predicted octanol–water partition coefficient (Wildman–Crippen LogP) is 3.69. The van der Waals surface area contributed by atoms with Crippen molar-refractivity contribution in [1.29, 1.82) is 0 Å². The van der Waals surface area contributed by atoms with Crippen molar-refractivity contribution >= 4 is 23.8 Å². The number of aliphatic hydroxyl groups excluding tert-OH is 1. The van der Waals surface area contributed by atoms with E-state index in [9.17, 15) is 15.3 Å². The first-order valence-corrected chi connectivity index (χ1v) is 11.3. The molecule has 174 valence electrons. The predicted molar refractivity (Wildman–Crippen MR) is 134 cm³/mol. The van der Waals surface area contributed by atoms with E-state index in [1.807, 2.05) is 24.3 Å². The van der Waals surface area contributed by atoms with Crippen molar-refractivity contribution in [1.82, 2.24) is 0 Å². The summed E-state index contributed by atoms with van der Waals surface area (Å²) in [7, 11) is 0. The third-order valence-corrected chi connectivity index (χ3v) is 5.38. The van der Waals surface area contributed by atoms with E-state index in [1.165, 1.54) is 0 Å². The van der Waals surface area contributed by atoms with Crippen molar-refractivity contribution in [3.8, 4) is 11.5 Å². The first kappa shape index (κ1) is 25.2. The highest BCUT2D eigenvalue weighted by Crippen LogP contribution is 2.24. The first-order chi connectivity index (χ1) is 15.4. The molecular weight excluding hydrogens is 404 g/mol. The largest absolute Gasteiger partial charge is 0.507 e. The second kappa shape index (κ2) is 12.7. The smallest absolute Gasteiger partial charge is 0.126 e. The number of aliphatic hydroxyl groups is 1. The molecule has 0 radical (unpaired) electrons. The summed E-state index contributed by atoms with van der Waals surface area (Å²) in [6, 6.07) is 11.0. The summed E-state index contributed by atoms with van der Waals surface area (Å²) in [4.78, 5) is 12.8. The van der Waals surface area contributed by atoms with Gasteiger partial charge in [-0.15, -0.1) is 0 Å². The lowest BCUT2D eigenvalue weighted by molar-refractivity contribution is 0.193. The van der Waals surface area contributed by atoms with Gasteiger partial charge in [-0.3, -0.25) is 9.98 Å². The van der Waals surface area contributed by atoms with E-state index in [1.54, 1.807) is 24.6 Å². The molecule has 7 nitrogen and oxygen atoms in total. The minimum absolute atomic E-state index is 0.161. The van der Waals surface area contributed by atoms with Crippen molar-refractivity contribution in [2.45, 2.75) is 33.8 Å². The summed E-state index contributed by atoms with van der Waals surface area (Å²) >= 11 is 0. The van der Waals surface area contributed by atoms with Gasteiger partial charge in [0.1, 0.15) is 11.5 Å². The van der Waals surface area contributed by atoms with Gasteiger partial charge >= 0.3 is 0 Å². The average Bonchev–Trinajstić information content (AvgIpc) is 2.78. The maximum atomic E-state index is 10.2. The highest BCUT2D eigenvalue weighted by atomic mass is 16.3. The highest BCUT2D eigenvalue weighted by Gasteiger charge is 2.07. The number of aliphatic imine (C=N–C) groups is 2. The molecule has 0 saturated carbocycles. The second-order valence-electron chi connectivity index (χ2n) is 7.47. The molecule has 0 atom stereocenters. The van der Waals surface area contributed by atoms with Gasteiger partial charge in [0, 0.05) is 73.2 Å². The molecule has 0 heterocycles. The Hall–Kier alpha value is -3.06. The molecule has 0 unspecified atom stereocenters. The van der Waals surface area contributed by atoms with Crippen LogP contribution < -0.4 is 9.80 Å². The van der Waals surface area contributed by atoms with Crippen molar-refractivity contribution in [3.05, 3.63) is 47.5 Å². The van der Waals surface area contributed by atoms with Crippen LogP contribution in [-0.2, 0) is 0 Å². The minimum atomic E-state index is -0.753. The minimum Gasteiger partial charge on any atom is -0.507 e. The maximum Gasteiger partial charge on any atom is 0.126 e. The van der Waals surface area contributed by atoms with Gasteiger partial charge in [-0.2, -0.15) is 0 Å². The molecule has 0 aliphatic heterocycles. The lowest BCUT2D eigenvalue weighted by Crippen LogP contribution is -2.21. The number of phenols is 2. The van der Waals surface area contributed by atoms with Crippen LogP contribution in [0.5, 0.6) is 11.5 Å². The van der Waals surface area contributed by atoms with E-state index < -0.39 is 6.10 Å². The Kier molecular flexibility index (Phi) is 10.0. The highest BCUT2D eigenvalue weighted by molar-refractivity contribution is 5.85. The summed E-state index contributed by atoms with van der Waals surface area (Å²) < 4.78 is 0. The molecule has 0 aliphatic carbocycles. The number of phenolic OH excluding ortho intramolecular Hbond substituents is 2. The summed E-state index contributed by atoms with van der Waals surface area (Å²) in [5.74, 6) is 0.323. The van der Waals surface area contributed by atoms with E-state index in [4.69, 9.17) is 0 Å². The average molecular weight is 441 g/mol. The van der Waals surface area contributed by atoms with Gasteiger partial charge in [0.25, 0.3) is 0 Å². The van der Waals surface area contributed by atoms with Gasteiger partial charge < -0.3 is 25.1 Å². The van der Waals surface area contributed by atoms with E-state index in [0.29, 0.717) is 11.1 Å². The van der Waals surface area contributed by atoms with Crippen LogP contribution in [0, 0.1) is 0 Å². The lowest BCUT2D eigenvalue weighted by atomic mass is 10.1. The molecule has 2 rings (SSSR count). The standard InChI is InChI=1S/C25H36N4O3/c1-5-28(6-2)21-11-9-19(24(31)13-21)15-26-17-23(30)18-27-16-20-10-12-22(14-25(20)32)29(7-3)8-4/h9-16,23,30-32H,5-8,17-18H2,1-4H3. The van der Waals surface area contributed by atoms with Gasteiger partial charge in [-0.25, -0.2) is 0 Å².